The zero-order valence-corrected chi connectivity index (χ0v) is 13.8. The summed E-state index contributed by atoms with van der Waals surface area (Å²) in [6, 6.07) is 6.86. The maximum atomic E-state index is 6.82. The summed E-state index contributed by atoms with van der Waals surface area (Å²) in [5.41, 5.74) is 4.21. The van der Waals surface area contributed by atoms with Crippen molar-refractivity contribution in [1.29, 1.82) is 0 Å². The normalized spacial score (nSPS) is 14.4. The maximum Gasteiger partial charge on any atom is 0.0616 e. The molecule has 0 aliphatic heterocycles. The van der Waals surface area contributed by atoms with Crippen LogP contribution < -0.4 is 0 Å². The minimum absolute atomic E-state index is 0.179. The van der Waals surface area contributed by atoms with E-state index in [1.54, 1.807) is 0 Å². The van der Waals surface area contributed by atoms with E-state index in [1.165, 1.54) is 42.4 Å². The number of alkyl halides is 1. The van der Waals surface area contributed by atoms with Gasteiger partial charge in [0.2, 0.25) is 0 Å². The van der Waals surface area contributed by atoms with Crippen molar-refractivity contribution in [2.24, 2.45) is 5.92 Å². The molecule has 0 N–H and O–H groups in total. The predicted molar refractivity (Wildman–Crippen MR) is 87.1 cm³/mol. The molecule has 2 unspecified atom stereocenters. The molecule has 0 saturated carbocycles. The van der Waals surface area contributed by atoms with Gasteiger partial charge in [0.15, 0.2) is 0 Å². The van der Waals surface area contributed by atoms with Gasteiger partial charge in [-0.2, -0.15) is 0 Å². The first kappa shape index (κ1) is 16.6. The Balaban J connectivity index is 2.97. The number of halogens is 1. The summed E-state index contributed by atoms with van der Waals surface area (Å²) in [4.78, 5) is 0. The molecular formula is C18H29Cl. The first-order valence-electron chi connectivity index (χ1n) is 7.93. The van der Waals surface area contributed by atoms with Crippen molar-refractivity contribution in [1.82, 2.24) is 0 Å². The molecular weight excluding hydrogens is 252 g/mol. The molecule has 1 aromatic rings. The van der Waals surface area contributed by atoms with Crippen molar-refractivity contribution in [3.8, 4) is 0 Å². The summed E-state index contributed by atoms with van der Waals surface area (Å²) in [6.07, 6.45) is 7.14. The zero-order chi connectivity index (χ0) is 14.3. The van der Waals surface area contributed by atoms with Crippen LogP contribution in [-0.4, -0.2) is 0 Å². The van der Waals surface area contributed by atoms with E-state index in [2.05, 4.69) is 45.9 Å². The minimum Gasteiger partial charge on any atom is -0.118 e. The lowest BCUT2D eigenvalue weighted by molar-refractivity contribution is 0.436. The summed E-state index contributed by atoms with van der Waals surface area (Å²) < 4.78 is 0. The van der Waals surface area contributed by atoms with Gasteiger partial charge in [0.25, 0.3) is 0 Å². The van der Waals surface area contributed by atoms with Gasteiger partial charge in [-0.3, -0.25) is 0 Å². The number of hydrogen-bond acceptors (Lipinski definition) is 0. The molecule has 19 heavy (non-hydrogen) atoms. The monoisotopic (exact) mass is 280 g/mol. The summed E-state index contributed by atoms with van der Waals surface area (Å²) in [5.74, 6) is 0.610. The number of aryl methyl sites for hydroxylation is 2. The molecule has 2 atom stereocenters. The fourth-order valence-corrected chi connectivity index (χ4v) is 3.23. The van der Waals surface area contributed by atoms with E-state index in [4.69, 9.17) is 11.6 Å². The Kier molecular flexibility index (Phi) is 7.53. The lowest BCUT2D eigenvalue weighted by Crippen LogP contribution is -2.10. The second kappa shape index (κ2) is 8.64. The van der Waals surface area contributed by atoms with Crippen LogP contribution >= 0.6 is 11.6 Å². The van der Waals surface area contributed by atoms with Gasteiger partial charge in [-0.25, -0.2) is 0 Å². The summed E-state index contributed by atoms with van der Waals surface area (Å²) >= 11 is 6.82. The van der Waals surface area contributed by atoms with Gasteiger partial charge < -0.3 is 0 Å². The second-order valence-electron chi connectivity index (χ2n) is 5.45. The highest BCUT2D eigenvalue weighted by Crippen LogP contribution is 2.37. The summed E-state index contributed by atoms with van der Waals surface area (Å²) in [6.45, 7) is 8.96. The number of rotatable bonds is 8. The second-order valence-corrected chi connectivity index (χ2v) is 5.92. The van der Waals surface area contributed by atoms with Crippen molar-refractivity contribution < 1.29 is 0 Å². The molecule has 0 bridgehead atoms. The first-order chi connectivity index (χ1) is 9.17. The van der Waals surface area contributed by atoms with Crippen molar-refractivity contribution in [3.63, 3.8) is 0 Å². The Labute approximate surface area is 124 Å². The van der Waals surface area contributed by atoms with E-state index in [0.29, 0.717) is 5.92 Å². The lowest BCUT2D eigenvalue weighted by atomic mass is 9.87. The Bertz CT molecular complexity index is 370. The van der Waals surface area contributed by atoms with E-state index in [1.807, 2.05) is 0 Å². The topological polar surface area (TPSA) is 0 Å². The van der Waals surface area contributed by atoms with Crippen LogP contribution in [0.5, 0.6) is 0 Å². The molecule has 0 aliphatic carbocycles. The fourth-order valence-electron chi connectivity index (χ4n) is 2.72. The van der Waals surface area contributed by atoms with Crippen LogP contribution in [0.1, 0.15) is 75.4 Å². The maximum absolute atomic E-state index is 6.82. The largest absolute Gasteiger partial charge is 0.118 e. The van der Waals surface area contributed by atoms with E-state index in [0.717, 1.165) is 12.8 Å². The van der Waals surface area contributed by atoms with Crippen molar-refractivity contribution in [3.05, 3.63) is 34.9 Å². The predicted octanol–water partition coefficient (Wildman–Crippen LogP) is 6.31. The molecule has 0 nitrogen and oxygen atoms in total. The molecule has 0 aliphatic rings. The van der Waals surface area contributed by atoms with Crippen molar-refractivity contribution in [2.75, 3.05) is 0 Å². The summed E-state index contributed by atoms with van der Waals surface area (Å²) in [5, 5.41) is 0.179. The molecule has 0 spiro atoms. The van der Waals surface area contributed by atoms with Gasteiger partial charge in [-0.15, -0.1) is 11.6 Å². The molecule has 108 valence electrons. The van der Waals surface area contributed by atoms with Gasteiger partial charge in [0, 0.05) is 0 Å². The van der Waals surface area contributed by atoms with Gasteiger partial charge >= 0.3 is 0 Å². The number of benzene rings is 1. The molecule has 1 heteroatoms. The Hall–Kier alpha value is -0.490. The molecule has 0 radical (unpaired) electrons. The highest BCUT2D eigenvalue weighted by atomic mass is 35.5. The molecule has 0 heterocycles. The SMILES string of the molecule is CCCCC(CC)C(Cl)c1cc(CC)ccc1CC. The van der Waals surface area contributed by atoms with Gasteiger partial charge in [0.1, 0.15) is 0 Å². The molecule has 0 amide bonds. The highest BCUT2D eigenvalue weighted by Gasteiger charge is 2.21. The first-order valence-corrected chi connectivity index (χ1v) is 8.37. The Morgan fingerprint density at radius 3 is 2.32 bits per heavy atom. The standard InChI is InChI=1S/C18H29Cl/c1-5-9-10-16(8-4)18(19)17-13-14(6-2)11-12-15(17)7-3/h11-13,16,18H,5-10H2,1-4H3. The molecule has 1 rings (SSSR count). The summed E-state index contributed by atoms with van der Waals surface area (Å²) in [7, 11) is 0. The van der Waals surface area contributed by atoms with Crippen LogP contribution in [0.4, 0.5) is 0 Å². The minimum atomic E-state index is 0.179. The average molecular weight is 281 g/mol. The number of hydrogen-bond donors (Lipinski definition) is 0. The van der Waals surface area contributed by atoms with Crippen LogP contribution in [0.25, 0.3) is 0 Å². The third kappa shape index (κ3) is 4.53. The van der Waals surface area contributed by atoms with Crippen molar-refractivity contribution >= 4 is 11.6 Å². The van der Waals surface area contributed by atoms with Crippen LogP contribution in [0.15, 0.2) is 18.2 Å². The van der Waals surface area contributed by atoms with Crippen LogP contribution in [-0.2, 0) is 12.8 Å². The van der Waals surface area contributed by atoms with Gasteiger partial charge in [-0.1, -0.05) is 65.2 Å². The average Bonchev–Trinajstić information content (AvgIpc) is 2.47. The Morgan fingerprint density at radius 2 is 1.79 bits per heavy atom. The third-order valence-corrected chi connectivity index (χ3v) is 4.75. The Morgan fingerprint density at radius 1 is 1.05 bits per heavy atom. The fraction of sp³-hybridized carbons (Fsp3) is 0.667. The zero-order valence-electron chi connectivity index (χ0n) is 13.0. The van der Waals surface area contributed by atoms with Gasteiger partial charge in [-0.05, 0) is 41.9 Å². The van der Waals surface area contributed by atoms with Crippen LogP contribution in [0, 0.1) is 5.92 Å². The quantitative estimate of drug-likeness (QED) is 0.490. The number of unbranched alkanes of at least 4 members (excludes halogenated alkanes) is 1. The van der Waals surface area contributed by atoms with E-state index >= 15 is 0 Å². The molecule has 0 aromatic heterocycles. The molecule has 1 aromatic carbocycles. The third-order valence-electron chi connectivity index (χ3n) is 4.16. The smallest absolute Gasteiger partial charge is 0.0616 e. The highest BCUT2D eigenvalue weighted by molar-refractivity contribution is 6.21. The van der Waals surface area contributed by atoms with E-state index in [-0.39, 0.29) is 5.38 Å². The van der Waals surface area contributed by atoms with E-state index in [9.17, 15) is 0 Å². The molecule has 0 saturated heterocycles. The van der Waals surface area contributed by atoms with Crippen molar-refractivity contribution in [2.45, 2.75) is 71.6 Å². The lowest BCUT2D eigenvalue weighted by Gasteiger charge is -2.24. The van der Waals surface area contributed by atoms with E-state index < -0.39 is 0 Å². The van der Waals surface area contributed by atoms with Crippen LogP contribution in [0.2, 0.25) is 0 Å². The molecule has 0 fully saturated rings. The van der Waals surface area contributed by atoms with Crippen LogP contribution in [0.3, 0.4) is 0 Å². The van der Waals surface area contributed by atoms with Gasteiger partial charge in [0.05, 0.1) is 5.38 Å².